The van der Waals surface area contributed by atoms with Crippen LogP contribution in [0.4, 0.5) is 5.69 Å². The summed E-state index contributed by atoms with van der Waals surface area (Å²) in [6, 6.07) is 22.5. The van der Waals surface area contributed by atoms with Gasteiger partial charge >= 0.3 is 0 Å². The Labute approximate surface area is 185 Å². The number of sulfonamides is 1. The van der Waals surface area contributed by atoms with Gasteiger partial charge in [0.05, 0.1) is 4.90 Å². The van der Waals surface area contributed by atoms with Gasteiger partial charge in [-0.15, -0.1) is 0 Å². The fraction of sp³-hybridized carbons (Fsp3) is 0.174. The number of hydrogen-bond acceptors (Lipinski definition) is 3. The highest BCUT2D eigenvalue weighted by Crippen LogP contribution is 2.22. The lowest BCUT2D eigenvalue weighted by Gasteiger charge is -2.26. The van der Waals surface area contributed by atoms with Crippen molar-refractivity contribution in [1.82, 2.24) is 4.31 Å². The molecule has 0 atom stereocenters. The molecule has 3 aromatic rings. The van der Waals surface area contributed by atoms with E-state index in [0.29, 0.717) is 11.3 Å². The monoisotopic (exact) mass is 486 g/mol. The largest absolute Gasteiger partial charge is 0.322 e. The van der Waals surface area contributed by atoms with Crippen LogP contribution >= 0.6 is 15.9 Å². The van der Waals surface area contributed by atoms with E-state index < -0.39 is 10.0 Å². The number of amides is 1. The number of carbonyl (C=O) groups excluding carboxylic acids is 1. The van der Waals surface area contributed by atoms with Crippen molar-refractivity contribution in [3.63, 3.8) is 0 Å². The number of anilines is 1. The van der Waals surface area contributed by atoms with Crippen molar-refractivity contribution in [2.24, 2.45) is 0 Å². The molecule has 1 amide bonds. The van der Waals surface area contributed by atoms with Crippen molar-refractivity contribution in [3.05, 3.63) is 94.5 Å². The van der Waals surface area contributed by atoms with Crippen molar-refractivity contribution in [2.45, 2.75) is 31.3 Å². The standard InChI is InChI=1S/C23H23BrN2O3S/c1-17(2)26(16-18-6-4-3-5-7-18)30(28,29)22-14-8-19(9-15-22)23(27)25-21-12-10-20(24)11-13-21/h3-15,17H,16H2,1-2H3,(H,25,27). The average Bonchev–Trinajstić information content (AvgIpc) is 2.74. The minimum atomic E-state index is -3.71. The molecule has 156 valence electrons. The number of halogens is 1. The summed E-state index contributed by atoms with van der Waals surface area (Å²) in [5.74, 6) is -0.300. The third kappa shape index (κ3) is 5.36. The van der Waals surface area contributed by atoms with Gasteiger partial charge in [0.2, 0.25) is 10.0 Å². The van der Waals surface area contributed by atoms with Crippen LogP contribution in [-0.2, 0) is 16.6 Å². The van der Waals surface area contributed by atoms with E-state index in [2.05, 4.69) is 21.2 Å². The van der Waals surface area contributed by atoms with E-state index in [9.17, 15) is 13.2 Å². The van der Waals surface area contributed by atoms with E-state index in [1.54, 1.807) is 12.1 Å². The molecule has 0 unspecified atom stereocenters. The van der Waals surface area contributed by atoms with Gasteiger partial charge in [-0.1, -0.05) is 46.3 Å². The maximum Gasteiger partial charge on any atom is 0.255 e. The molecule has 7 heteroatoms. The van der Waals surface area contributed by atoms with E-state index in [0.717, 1.165) is 10.0 Å². The van der Waals surface area contributed by atoms with Crippen molar-refractivity contribution in [1.29, 1.82) is 0 Å². The lowest BCUT2D eigenvalue weighted by atomic mass is 10.2. The first-order valence-corrected chi connectivity index (χ1v) is 11.7. The van der Waals surface area contributed by atoms with Crippen LogP contribution in [-0.4, -0.2) is 24.7 Å². The molecular weight excluding hydrogens is 464 g/mol. The van der Waals surface area contributed by atoms with Crippen LogP contribution in [0.15, 0.2) is 88.2 Å². The molecule has 0 radical (unpaired) electrons. The van der Waals surface area contributed by atoms with Crippen molar-refractivity contribution < 1.29 is 13.2 Å². The molecule has 0 aliphatic heterocycles. The predicted octanol–water partition coefficient (Wildman–Crippen LogP) is 5.30. The molecule has 0 aliphatic carbocycles. The van der Waals surface area contributed by atoms with E-state index >= 15 is 0 Å². The number of benzene rings is 3. The van der Waals surface area contributed by atoms with Crippen LogP contribution < -0.4 is 5.32 Å². The van der Waals surface area contributed by atoms with Crippen molar-refractivity contribution >= 4 is 37.5 Å². The third-order valence-electron chi connectivity index (χ3n) is 4.58. The number of carbonyl (C=O) groups is 1. The molecule has 0 saturated heterocycles. The maximum absolute atomic E-state index is 13.2. The zero-order valence-electron chi connectivity index (χ0n) is 16.7. The molecule has 5 nitrogen and oxygen atoms in total. The molecule has 0 bridgehead atoms. The third-order valence-corrected chi connectivity index (χ3v) is 7.15. The first-order valence-electron chi connectivity index (χ1n) is 9.50. The van der Waals surface area contributed by atoms with Gasteiger partial charge in [0.1, 0.15) is 0 Å². The van der Waals surface area contributed by atoms with Gasteiger partial charge in [-0.05, 0) is 67.9 Å². The number of rotatable bonds is 7. The summed E-state index contributed by atoms with van der Waals surface area (Å²) < 4.78 is 28.8. The van der Waals surface area contributed by atoms with Crippen LogP contribution in [0.5, 0.6) is 0 Å². The first kappa shape index (κ1) is 22.2. The molecule has 3 rings (SSSR count). The van der Waals surface area contributed by atoms with Gasteiger partial charge < -0.3 is 5.32 Å². The quantitative estimate of drug-likeness (QED) is 0.492. The van der Waals surface area contributed by atoms with Crippen LogP contribution in [0.25, 0.3) is 0 Å². The predicted molar refractivity (Wildman–Crippen MR) is 123 cm³/mol. The SMILES string of the molecule is CC(C)N(Cc1ccccc1)S(=O)(=O)c1ccc(C(=O)Nc2ccc(Br)cc2)cc1. The second-order valence-corrected chi connectivity index (χ2v) is 9.92. The Hall–Kier alpha value is -2.48. The second-order valence-electron chi connectivity index (χ2n) is 7.12. The van der Waals surface area contributed by atoms with Crippen molar-refractivity contribution in [2.75, 3.05) is 5.32 Å². The van der Waals surface area contributed by atoms with Crippen LogP contribution in [0.1, 0.15) is 29.8 Å². The molecule has 0 aliphatic rings. The fourth-order valence-corrected chi connectivity index (χ4v) is 4.85. The Balaban J connectivity index is 1.78. The highest BCUT2D eigenvalue weighted by atomic mass is 79.9. The van der Waals surface area contributed by atoms with E-state index in [1.807, 2.05) is 56.3 Å². The van der Waals surface area contributed by atoms with Gasteiger partial charge in [0.15, 0.2) is 0 Å². The maximum atomic E-state index is 13.2. The molecule has 0 aromatic heterocycles. The molecule has 0 heterocycles. The molecule has 30 heavy (non-hydrogen) atoms. The Morgan fingerprint density at radius 1 is 0.933 bits per heavy atom. The zero-order valence-corrected chi connectivity index (χ0v) is 19.2. The topological polar surface area (TPSA) is 66.5 Å². The van der Waals surface area contributed by atoms with E-state index in [1.165, 1.54) is 28.6 Å². The minimum Gasteiger partial charge on any atom is -0.322 e. The zero-order chi connectivity index (χ0) is 21.7. The molecule has 0 fully saturated rings. The smallest absolute Gasteiger partial charge is 0.255 e. The Bertz CT molecular complexity index is 1100. The van der Waals surface area contributed by atoms with Crippen molar-refractivity contribution in [3.8, 4) is 0 Å². The molecule has 0 saturated carbocycles. The molecule has 1 N–H and O–H groups in total. The average molecular weight is 487 g/mol. The van der Waals surface area contributed by atoms with Gasteiger partial charge in [-0.3, -0.25) is 4.79 Å². The van der Waals surface area contributed by atoms with E-state index in [-0.39, 0.29) is 23.4 Å². The summed E-state index contributed by atoms with van der Waals surface area (Å²) in [4.78, 5) is 12.6. The lowest BCUT2D eigenvalue weighted by Crippen LogP contribution is -2.36. The number of nitrogens with zero attached hydrogens (tertiary/aromatic N) is 1. The lowest BCUT2D eigenvalue weighted by molar-refractivity contribution is 0.102. The molecular formula is C23H23BrN2O3S. The van der Waals surface area contributed by atoms with Crippen LogP contribution in [0.2, 0.25) is 0 Å². The highest BCUT2D eigenvalue weighted by Gasteiger charge is 2.27. The summed E-state index contributed by atoms with van der Waals surface area (Å²) in [5.41, 5.74) is 1.96. The number of nitrogens with one attached hydrogen (secondary N) is 1. The normalized spacial score (nSPS) is 11.6. The Morgan fingerprint density at radius 3 is 2.10 bits per heavy atom. The Kier molecular flexibility index (Phi) is 7.07. The molecule has 3 aromatic carbocycles. The summed E-state index contributed by atoms with van der Waals surface area (Å²) in [6.45, 7) is 3.98. The first-order chi connectivity index (χ1) is 14.3. The molecule has 0 spiro atoms. The summed E-state index contributed by atoms with van der Waals surface area (Å²) in [6.07, 6.45) is 0. The summed E-state index contributed by atoms with van der Waals surface area (Å²) in [7, 11) is -3.71. The number of hydrogen-bond donors (Lipinski definition) is 1. The van der Waals surface area contributed by atoms with Gasteiger partial charge in [-0.2, -0.15) is 4.31 Å². The summed E-state index contributed by atoms with van der Waals surface area (Å²) in [5, 5.41) is 2.80. The van der Waals surface area contributed by atoms with Crippen LogP contribution in [0.3, 0.4) is 0 Å². The Morgan fingerprint density at radius 2 is 1.53 bits per heavy atom. The van der Waals surface area contributed by atoms with Gasteiger partial charge in [-0.25, -0.2) is 8.42 Å². The highest BCUT2D eigenvalue weighted by molar-refractivity contribution is 9.10. The van der Waals surface area contributed by atoms with Gasteiger partial charge in [0.25, 0.3) is 5.91 Å². The second kappa shape index (κ2) is 9.55. The van der Waals surface area contributed by atoms with E-state index in [4.69, 9.17) is 0 Å². The fourth-order valence-electron chi connectivity index (χ4n) is 2.96. The van der Waals surface area contributed by atoms with Gasteiger partial charge in [0, 0.05) is 28.3 Å². The summed E-state index contributed by atoms with van der Waals surface area (Å²) >= 11 is 3.35. The van der Waals surface area contributed by atoms with Crippen LogP contribution in [0, 0.1) is 0 Å². The minimum absolute atomic E-state index is 0.160.